The van der Waals surface area contributed by atoms with E-state index in [2.05, 4.69) is 30.7 Å². The number of nitrogens with zero attached hydrogens (tertiary/aromatic N) is 6. The SMILES string of the molecule is CC(C)(O)[C@H](F)CNC(=O)c1cnc(-n2cnc3cc(Cl)cnc32)cc1Nc1cnn(CCCF)c1. The van der Waals surface area contributed by atoms with Gasteiger partial charge in [0.15, 0.2) is 5.65 Å². The van der Waals surface area contributed by atoms with Gasteiger partial charge >= 0.3 is 0 Å². The van der Waals surface area contributed by atoms with Crippen LogP contribution in [0.1, 0.15) is 30.6 Å². The monoisotopic (exact) mass is 518 g/mol. The summed E-state index contributed by atoms with van der Waals surface area (Å²) in [6, 6.07) is 3.29. The maximum absolute atomic E-state index is 14.2. The topological polar surface area (TPSA) is 123 Å². The molecule has 3 N–H and O–H groups in total. The molecule has 0 saturated heterocycles. The summed E-state index contributed by atoms with van der Waals surface area (Å²) in [5.41, 5.74) is 0.522. The zero-order chi connectivity index (χ0) is 25.9. The fourth-order valence-corrected chi connectivity index (χ4v) is 3.51. The molecule has 0 aliphatic carbocycles. The van der Waals surface area contributed by atoms with Gasteiger partial charge in [-0.05, 0) is 26.3 Å². The van der Waals surface area contributed by atoms with Gasteiger partial charge in [0, 0.05) is 31.2 Å². The van der Waals surface area contributed by atoms with Crippen LogP contribution in [0.4, 0.5) is 20.2 Å². The van der Waals surface area contributed by atoms with Crippen LogP contribution < -0.4 is 10.6 Å². The molecule has 13 heteroatoms. The summed E-state index contributed by atoms with van der Waals surface area (Å²) >= 11 is 6.01. The molecule has 190 valence electrons. The van der Waals surface area contributed by atoms with Gasteiger partial charge in [-0.2, -0.15) is 5.10 Å². The van der Waals surface area contributed by atoms with Crippen LogP contribution in [-0.4, -0.2) is 65.3 Å². The lowest BCUT2D eigenvalue weighted by Gasteiger charge is -2.22. The lowest BCUT2D eigenvalue weighted by atomic mass is 10.0. The van der Waals surface area contributed by atoms with Gasteiger partial charge < -0.3 is 15.7 Å². The highest BCUT2D eigenvalue weighted by molar-refractivity contribution is 6.31. The van der Waals surface area contributed by atoms with Gasteiger partial charge in [0.2, 0.25) is 0 Å². The molecule has 0 aromatic carbocycles. The number of carbonyl (C=O) groups excluding carboxylic acids is 1. The second-order valence-electron chi connectivity index (χ2n) is 8.69. The molecule has 4 aromatic heterocycles. The van der Waals surface area contributed by atoms with Crippen molar-refractivity contribution >= 4 is 40.0 Å². The van der Waals surface area contributed by atoms with E-state index < -0.39 is 24.4 Å². The second kappa shape index (κ2) is 10.5. The van der Waals surface area contributed by atoms with Gasteiger partial charge in [0.25, 0.3) is 5.91 Å². The molecule has 1 amide bonds. The van der Waals surface area contributed by atoms with E-state index in [-0.39, 0.29) is 12.1 Å². The van der Waals surface area contributed by atoms with Crippen molar-refractivity contribution in [3.63, 3.8) is 0 Å². The Morgan fingerprint density at radius 2 is 2.03 bits per heavy atom. The average molecular weight is 519 g/mol. The van der Waals surface area contributed by atoms with E-state index in [0.717, 1.165) is 0 Å². The first-order valence-electron chi connectivity index (χ1n) is 11.1. The first kappa shape index (κ1) is 25.5. The first-order chi connectivity index (χ1) is 17.2. The molecule has 0 saturated carbocycles. The van der Waals surface area contributed by atoms with Crippen molar-refractivity contribution in [2.45, 2.75) is 38.6 Å². The number of anilines is 2. The van der Waals surface area contributed by atoms with E-state index in [0.29, 0.717) is 46.3 Å². The number of rotatable bonds is 10. The number of hydrogen-bond acceptors (Lipinski definition) is 7. The molecule has 0 radical (unpaired) electrons. The van der Waals surface area contributed by atoms with Crippen molar-refractivity contribution < 1.29 is 18.7 Å². The molecule has 10 nitrogen and oxygen atoms in total. The molecule has 0 aliphatic heterocycles. The van der Waals surface area contributed by atoms with E-state index in [9.17, 15) is 18.7 Å². The second-order valence-corrected chi connectivity index (χ2v) is 9.13. The number of aliphatic hydroxyl groups is 1. The number of carbonyl (C=O) groups is 1. The van der Waals surface area contributed by atoms with Crippen LogP contribution in [0.5, 0.6) is 0 Å². The van der Waals surface area contributed by atoms with Gasteiger partial charge in [-0.15, -0.1) is 0 Å². The molecule has 4 aromatic rings. The molecule has 1 atom stereocenters. The van der Waals surface area contributed by atoms with E-state index in [1.54, 1.807) is 33.8 Å². The molecule has 4 rings (SSSR count). The largest absolute Gasteiger partial charge is 0.387 e. The Hall–Kier alpha value is -3.64. The number of imidazole rings is 1. The molecule has 0 unspecified atom stereocenters. The number of alkyl halides is 2. The van der Waals surface area contributed by atoms with Crippen molar-refractivity contribution in [3.05, 3.63) is 53.8 Å². The average Bonchev–Trinajstić information content (AvgIpc) is 3.46. The van der Waals surface area contributed by atoms with E-state index >= 15 is 0 Å². The Kier molecular flexibility index (Phi) is 7.45. The van der Waals surface area contributed by atoms with Crippen LogP contribution >= 0.6 is 11.6 Å². The highest BCUT2D eigenvalue weighted by Gasteiger charge is 2.27. The molecule has 4 heterocycles. The number of halogens is 3. The van der Waals surface area contributed by atoms with Gasteiger partial charge in [-0.25, -0.2) is 19.3 Å². The summed E-state index contributed by atoms with van der Waals surface area (Å²) in [6.07, 6.45) is 6.25. The van der Waals surface area contributed by atoms with E-state index in [1.807, 2.05) is 0 Å². The summed E-state index contributed by atoms with van der Waals surface area (Å²) in [5, 5.41) is 20.1. The quantitative estimate of drug-likeness (QED) is 0.293. The molecule has 0 aliphatic rings. The maximum Gasteiger partial charge on any atom is 0.255 e. The van der Waals surface area contributed by atoms with Crippen molar-refractivity contribution in [2.24, 2.45) is 0 Å². The van der Waals surface area contributed by atoms with E-state index in [4.69, 9.17) is 11.6 Å². The Bertz CT molecular complexity index is 1370. The van der Waals surface area contributed by atoms with Gasteiger partial charge in [-0.1, -0.05) is 11.6 Å². The lowest BCUT2D eigenvalue weighted by Crippen LogP contribution is -2.42. The van der Waals surface area contributed by atoms with Crippen LogP contribution in [0.15, 0.2) is 43.2 Å². The highest BCUT2D eigenvalue weighted by atomic mass is 35.5. The summed E-state index contributed by atoms with van der Waals surface area (Å²) < 4.78 is 29.9. The summed E-state index contributed by atoms with van der Waals surface area (Å²) in [4.78, 5) is 25.9. The number of fused-ring (bicyclic) bond motifs is 1. The Morgan fingerprint density at radius 3 is 2.78 bits per heavy atom. The molecule has 0 bridgehead atoms. The molecular weight excluding hydrogens is 494 g/mol. The van der Waals surface area contributed by atoms with Crippen LogP contribution in [0.25, 0.3) is 17.0 Å². The van der Waals surface area contributed by atoms with Gasteiger partial charge in [0.05, 0.1) is 47.0 Å². The minimum absolute atomic E-state index is 0.138. The van der Waals surface area contributed by atoms with Crippen molar-refractivity contribution in [3.8, 4) is 5.82 Å². The summed E-state index contributed by atoms with van der Waals surface area (Å²) in [7, 11) is 0. The normalized spacial score (nSPS) is 12.6. The Labute approximate surface area is 210 Å². The third-order valence-electron chi connectivity index (χ3n) is 5.38. The fraction of sp³-hybridized carbons (Fsp3) is 0.348. The number of hydrogen-bond donors (Lipinski definition) is 3. The van der Waals surface area contributed by atoms with Crippen LogP contribution in [0.3, 0.4) is 0 Å². The van der Waals surface area contributed by atoms with Gasteiger partial charge in [-0.3, -0.25) is 18.4 Å². The third-order valence-corrected chi connectivity index (χ3v) is 5.58. The molecule has 36 heavy (non-hydrogen) atoms. The van der Waals surface area contributed by atoms with Crippen molar-refractivity contribution in [2.75, 3.05) is 18.5 Å². The first-order valence-corrected chi connectivity index (χ1v) is 11.5. The fourth-order valence-electron chi connectivity index (χ4n) is 3.36. The summed E-state index contributed by atoms with van der Waals surface area (Å²) in [5.74, 6) is -0.176. The van der Waals surface area contributed by atoms with Crippen LogP contribution in [0, 0.1) is 0 Å². The minimum atomic E-state index is -1.67. The third kappa shape index (κ3) is 5.77. The van der Waals surface area contributed by atoms with Crippen molar-refractivity contribution in [1.29, 1.82) is 0 Å². The predicted octanol–water partition coefficient (Wildman–Crippen LogP) is 3.61. The minimum Gasteiger partial charge on any atom is -0.387 e. The number of pyridine rings is 2. The molecule has 0 fully saturated rings. The highest BCUT2D eigenvalue weighted by Crippen LogP contribution is 2.25. The number of aromatic nitrogens is 6. The van der Waals surface area contributed by atoms with Crippen molar-refractivity contribution in [1.82, 2.24) is 34.6 Å². The van der Waals surface area contributed by atoms with Gasteiger partial charge in [0.1, 0.15) is 23.8 Å². The predicted molar refractivity (Wildman–Crippen MR) is 131 cm³/mol. The summed E-state index contributed by atoms with van der Waals surface area (Å²) in [6.45, 7) is 2.20. The zero-order valence-corrected chi connectivity index (χ0v) is 20.4. The standard InChI is InChI=1S/C23H25ClF2N8O2/c1-23(2,36)19(26)11-29-22(35)16-10-27-20(34-13-30-18-6-14(24)8-28-21(18)34)7-17(16)32-15-9-31-33(12-15)5-3-4-25/h6-10,12-13,19,36H,3-5,11H2,1-2H3,(H,27,32)(H,29,35)/t19-/m1/s1. The van der Waals surface area contributed by atoms with Crippen LogP contribution in [0.2, 0.25) is 5.02 Å². The number of aryl methyl sites for hydroxylation is 1. The van der Waals surface area contributed by atoms with E-state index in [1.165, 1.54) is 32.6 Å². The Morgan fingerprint density at radius 1 is 1.22 bits per heavy atom. The number of nitrogens with one attached hydrogen (secondary N) is 2. The smallest absolute Gasteiger partial charge is 0.255 e. The Balaban J connectivity index is 1.67. The zero-order valence-electron chi connectivity index (χ0n) is 19.6. The molecule has 0 spiro atoms. The number of amides is 1. The molecular formula is C23H25ClF2N8O2. The lowest BCUT2D eigenvalue weighted by molar-refractivity contribution is -0.00177. The van der Waals surface area contributed by atoms with Crippen LogP contribution in [-0.2, 0) is 6.54 Å². The maximum atomic E-state index is 14.2.